The van der Waals surface area contributed by atoms with Crippen LogP contribution in [0.4, 0.5) is 13.2 Å². The van der Waals surface area contributed by atoms with Crippen LogP contribution in [-0.4, -0.2) is 42.7 Å². The second kappa shape index (κ2) is 3.53. The molecule has 1 rings (SSSR count). The molecule has 0 aliphatic carbocycles. The summed E-state index contributed by atoms with van der Waals surface area (Å²) in [7, 11) is 0. The van der Waals surface area contributed by atoms with Gasteiger partial charge in [0.1, 0.15) is 6.04 Å². The van der Waals surface area contributed by atoms with Crippen molar-refractivity contribution in [1.29, 1.82) is 0 Å². The van der Waals surface area contributed by atoms with Gasteiger partial charge in [-0.1, -0.05) is 0 Å². The Labute approximate surface area is 73.9 Å². The van der Waals surface area contributed by atoms with Gasteiger partial charge in [0.25, 0.3) is 0 Å². The van der Waals surface area contributed by atoms with Crippen molar-refractivity contribution in [3.63, 3.8) is 0 Å². The van der Waals surface area contributed by atoms with Crippen molar-refractivity contribution in [3.05, 3.63) is 0 Å². The van der Waals surface area contributed by atoms with E-state index in [2.05, 4.69) is 5.32 Å². The molecule has 1 saturated heterocycles. The van der Waals surface area contributed by atoms with Crippen LogP contribution in [0.15, 0.2) is 0 Å². The number of alkyl halides is 3. The molecular formula is C7H11F3N2O. The van der Waals surface area contributed by atoms with E-state index in [1.165, 1.54) is 0 Å². The maximum absolute atomic E-state index is 12.2. The van der Waals surface area contributed by atoms with E-state index in [1.807, 2.05) is 0 Å². The lowest BCUT2D eigenvalue weighted by molar-refractivity contribution is -0.186. The molecule has 1 atom stereocenters. The molecule has 0 aromatic rings. The summed E-state index contributed by atoms with van der Waals surface area (Å²) in [6.07, 6.45) is -4.33. The molecule has 13 heavy (non-hydrogen) atoms. The maximum Gasteiger partial charge on any atom is 0.408 e. The van der Waals surface area contributed by atoms with Gasteiger partial charge in [-0.05, 0) is 6.92 Å². The molecule has 1 aliphatic heterocycles. The fourth-order valence-electron chi connectivity index (χ4n) is 1.21. The number of piperazine rings is 1. The number of rotatable bonds is 1. The first kappa shape index (κ1) is 10.3. The lowest BCUT2D eigenvalue weighted by atomic mass is 10.2. The standard InChI is InChI=1S/C7H11F3N2O/c1-5(7(8,9)10)12-3-2-11-4-6(12)13/h5,11H,2-4H2,1H3/t5-/m1/s1. The molecule has 76 valence electrons. The minimum absolute atomic E-state index is 0.000417. The van der Waals surface area contributed by atoms with Crippen molar-refractivity contribution >= 4 is 5.91 Å². The van der Waals surface area contributed by atoms with Crippen molar-refractivity contribution in [2.45, 2.75) is 19.1 Å². The predicted molar refractivity (Wildman–Crippen MR) is 40.1 cm³/mol. The van der Waals surface area contributed by atoms with Gasteiger partial charge in [0.05, 0.1) is 6.54 Å². The first-order valence-electron chi connectivity index (χ1n) is 4.00. The molecule has 1 heterocycles. The smallest absolute Gasteiger partial charge is 0.328 e. The number of carbonyl (C=O) groups excluding carboxylic acids is 1. The van der Waals surface area contributed by atoms with Crippen LogP contribution in [0.1, 0.15) is 6.92 Å². The van der Waals surface area contributed by atoms with Crippen molar-refractivity contribution in [2.24, 2.45) is 0 Å². The zero-order chi connectivity index (χ0) is 10.1. The number of nitrogens with zero attached hydrogens (tertiary/aromatic N) is 1. The highest BCUT2D eigenvalue weighted by Crippen LogP contribution is 2.24. The summed E-state index contributed by atoms with van der Waals surface area (Å²) in [6.45, 7) is 1.55. The van der Waals surface area contributed by atoms with Crippen molar-refractivity contribution in [2.75, 3.05) is 19.6 Å². The Morgan fingerprint density at radius 3 is 2.62 bits per heavy atom. The van der Waals surface area contributed by atoms with E-state index in [1.54, 1.807) is 0 Å². The van der Waals surface area contributed by atoms with Crippen LogP contribution in [0.25, 0.3) is 0 Å². The Balaban J connectivity index is 2.64. The molecule has 1 N–H and O–H groups in total. The van der Waals surface area contributed by atoms with E-state index in [0.717, 1.165) is 11.8 Å². The molecule has 0 spiro atoms. The fourth-order valence-corrected chi connectivity index (χ4v) is 1.21. The Bertz CT molecular complexity index is 204. The number of hydrogen-bond acceptors (Lipinski definition) is 2. The topological polar surface area (TPSA) is 32.3 Å². The second-order valence-electron chi connectivity index (χ2n) is 2.98. The van der Waals surface area contributed by atoms with Gasteiger partial charge < -0.3 is 10.2 Å². The van der Waals surface area contributed by atoms with E-state index < -0.39 is 18.1 Å². The molecule has 3 nitrogen and oxygen atoms in total. The summed E-state index contributed by atoms with van der Waals surface area (Å²) < 4.78 is 36.6. The average Bonchev–Trinajstić information content (AvgIpc) is 2.02. The van der Waals surface area contributed by atoms with Gasteiger partial charge in [-0.3, -0.25) is 4.79 Å². The van der Waals surface area contributed by atoms with Gasteiger partial charge in [0.15, 0.2) is 0 Å². The second-order valence-corrected chi connectivity index (χ2v) is 2.98. The highest BCUT2D eigenvalue weighted by molar-refractivity contribution is 5.79. The van der Waals surface area contributed by atoms with E-state index in [9.17, 15) is 18.0 Å². The zero-order valence-corrected chi connectivity index (χ0v) is 7.19. The number of amides is 1. The van der Waals surface area contributed by atoms with Crippen LogP contribution in [-0.2, 0) is 4.79 Å². The van der Waals surface area contributed by atoms with Crippen LogP contribution in [0, 0.1) is 0 Å². The Morgan fingerprint density at radius 1 is 1.54 bits per heavy atom. The third-order valence-electron chi connectivity index (χ3n) is 2.07. The minimum Gasteiger partial charge on any atom is -0.328 e. The van der Waals surface area contributed by atoms with E-state index in [0.29, 0.717) is 6.54 Å². The zero-order valence-electron chi connectivity index (χ0n) is 7.19. The SMILES string of the molecule is C[C@@H](N1CCNCC1=O)C(F)(F)F. The van der Waals surface area contributed by atoms with Gasteiger partial charge >= 0.3 is 6.18 Å². The van der Waals surface area contributed by atoms with Gasteiger partial charge in [0.2, 0.25) is 5.91 Å². The van der Waals surface area contributed by atoms with Gasteiger partial charge in [0, 0.05) is 13.1 Å². The molecule has 6 heteroatoms. The van der Waals surface area contributed by atoms with Crippen LogP contribution in [0.3, 0.4) is 0 Å². The summed E-state index contributed by atoms with van der Waals surface area (Å²) in [5.41, 5.74) is 0. The Hall–Kier alpha value is -0.780. The number of nitrogens with one attached hydrogen (secondary N) is 1. The molecule has 0 aromatic carbocycles. The van der Waals surface area contributed by atoms with E-state index >= 15 is 0 Å². The molecular weight excluding hydrogens is 185 g/mol. The molecule has 0 bridgehead atoms. The van der Waals surface area contributed by atoms with Crippen LogP contribution >= 0.6 is 0 Å². The first-order chi connectivity index (χ1) is 5.93. The predicted octanol–water partition coefficient (Wildman–Crippen LogP) is 0.369. The summed E-state index contributed by atoms with van der Waals surface area (Å²) in [6, 6.07) is -1.68. The van der Waals surface area contributed by atoms with Crippen molar-refractivity contribution < 1.29 is 18.0 Å². The molecule has 0 saturated carbocycles. The Kier molecular flexibility index (Phi) is 2.80. The van der Waals surface area contributed by atoms with Crippen LogP contribution < -0.4 is 5.32 Å². The molecule has 1 amide bonds. The average molecular weight is 196 g/mol. The summed E-state index contributed by atoms with van der Waals surface area (Å²) in [5.74, 6) is -0.490. The van der Waals surface area contributed by atoms with Gasteiger partial charge in [-0.2, -0.15) is 13.2 Å². The fraction of sp³-hybridized carbons (Fsp3) is 0.857. The molecule has 1 fully saturated rings. The first-order valence-corrected chi connectivity index (χ1v) is 4.00. The number of carbonyl (C=O) groups is 1. The third-order valence-corrected chi connectivity index (χ3v) is 2.07. The molecule has 1 aliphatic rings. The quantitative estimate of drug-likeness (QED) is 0.657. The highest BCUT2D eigenvalue weighted by atomic mass is 19.4. The third kappa shape index (κ3) is 2.33. The van der Waals surface area contributed by atoms with Crippen molar-refractivity contribution in [1.82, 2.24) is 10.2 Å². The molecule has 0 aromatic heterocycles. The molecule has 0 unspecified atom stereocenters. The van der Waals surface area contributed by atoms with Crippen molar-refractivity contribution in [3.8, 4) is 0 Å². The summed E-state index contributed by atoms with van der Waals surface area (Å²) in [5, 5.41) is 2.71. The van der Waals surface area contributed by atoms with Gasteiger partial charge in [-0.15, -0.1) is 0 Å². The summed E-state index contributed by atoms with van der Waals surface area (Å²) in [4.78, 5) is 11.9. The Morgan fingerprint density at radius 2 is 2.15 bits per heavy atom. The van der Waals surface area contributed by atoms with Crippen LogP contribution in [0.2, 0.25) is 0 Å². The maximum atomic E-state index is 12.2. The normalized spacial score (nSPS) is 21.8. The van der Waals surface area contributed by atoms with Gasteiger partial charge in [-0.25, -0.2) is 0 Å². The number of hydrogen-bond donors (Lipinski definition) is 1. The minimum atomic E-state index is -4.33. The summed E-state index contributed by atoms with van der Waals surface area (Å²) >= 11 is 0. The largest absolute Gasteiger partial charge is 0.408 e. The van der Waals surface area contributed by atoms with Crippen LogP contribution in [0.5, 0.6) is 0 Å². The lowest BCUT2D eigenvalue weighted by Gasteiger charge is -2.33. The molecule has 0 radical (unpaired) electrons. The highest BCUT2D eigenvalue weighted by Gasteiger charge is 2.42. The van der Waals surface area contributed by atoms with E-state index in [4.69, 9.17) is 0 Å². The lowest BCUT2D eigenvalue weighted by Crippen LogP contribution is -2.55. The monoisotopic (exact) mass is 196 g/mol. The number of halogens is 3. The van der Waals surface area contributed by atoms with E-state index in [-0.39, 0.29) is 13.1 Å².